The first kappa shape index (κ1) is 16.8. The number of hydrogen-bond donors (Lipinski definition) is 2. The Bertz CT molecular complexity index is 1050. The fraction of sp³-hybridized carbons (Fsp3) is 0.0952. The zero-order valence-corrected chi connectivity index (χ0v) is 15.0. The molecule has 0 saturated heterocycles. The summed E-state index contributed by atoms with van der Waals surface area (Å²) in [5, 5.41) is 22.8. The Balaban J connectivity index is 1.93. The molecule has 1 aliphatic rings. The summed E-state index contributed by atoms with van der Waals surface area (Å²) in [5.41, 5.74) is 4.88. The van der Waals surface area contributed by atoms with Crippen molar-refractivity contribution in [3.8, 4) is 5.75 Å². The lowest BCUT2D eigenvalue weighted by Crippen LogP contribution is -2.22. The molecule has 134 valence electrons. The minimum Gasteiger partial charge on any atom is -0.508 e. The summed E-state index contributed by atoms with van der Waals surface area (Å²) < 4.78 is 0. The summed E-state index contributed by atoms with van der Waals surface area (Å²) in [6, 6.07) is 14.6. The van der Waals surface area contributed by atoms with Crippen LogP contribution in [0.5, 0.6) is 5.75 Å². The number of hydrogen-bond acceptors (Lipinski definition) is 4. The first-order valence-electron chi connectivity index (χ1n) is 8.54. The first-order valence-corrected chi connectivity index (χ1v) is 8.54. The van der Waals surface area contributed by atoms with Crippen molar-refractivity contribution in [3.05, 3.63) is 83.2 Å². The standard InChI is InChI=1S/C21H18N4O2/c1-13-8-15(10-18(26)9-13)20(16-11-22-23-12-16)19-14(2)24-25(21(19)27)17-6-4-3-5-7-17/h3-12,26H,1-2H3,(H,22,23)/b20-19+. The molecule has 0 spiro atoms. The summed E-state index contributed by atoms with van der Waals surface area (Å²) >= 11 is 0. The number of H-pyrrole nitrogens is 1. The van der Waals surface area contributed by atoms with Gasteiger partial charge in [-0.25, -0.2) is 0 Å². The van der Waals surface area contributed by atoms with Gasteiger partial charge in [0.1, 0.15) is 5.75 Å². The van der Waals surface area contributed by atoms with Crippen molar-refractivity contribution in [1.29, 1.82) is 0 Å². The molecule has 0 radical (unpaired) electrons. The number of rotatable bonds is 3. The second-order valence-electron chi connectivity index (χ2n) is 6.43. The van der Waals surface area contributed by atoms with E-state index in [4.69, 9.17) is 0 Å². The molecule has 0 fully saturated rings. The molecule has 2 heterocycles. The van der Waals surface area contributed by atoms with Crippen LogP contribution in [0, 0.1) is 6.92 Å². The van der Waals surface area contributed by atoms with Gasteiger partial charge in [-0.15, -0.1) is 0 Å². The van der Waals surface area contributed by atoms with Gasteiger partial charge in [0.05, 0.1) is 23.2 Å². The fourth-order valence-corrected chi connectivity index (χ4v) is 3.29. The Kier molecular flexibility index (Phi) is 4.08. The molecule has 1 amide bonds. The van der Waals surface area contributed by atoms with Crippen molar-refractivity contribution in [2.75, 3.05) is 5.01 Å². The number of aryl methyl sites for hydroxylation is 1. The smallest absolute Gasteiger partial charge is 0.281 e. The zero-order chi connectivity index (χ0) is 19.0. The van der Waals surface area contributed by atoms with Crippen molar-refractivity contribution < 1.29 is 9.90 Å². The highest BCUT2D eigenvalue weighted by Gasteiger charge is 2.32. The highest BCUT2D eigenvalue weighted by Crippen LogP contribution is 2.34. The Morgan fingerprint density at radius 2 is 1.85 bits per heavy atom. The van der Waals surface area contributed by atoms with Gasteiger partial charge >= 0.3 is 0 Å². The van der Waals surface area contributed by atoms with Crippen LogP contribution in [-0.2, 0) is 4.79 Å². The van der Waals surface area contributed by atoms with Crippen LogP contribution >= 0.6 is 0 Å². The molecule has 0 unspecified atom stereocenters. The number of benzene rings is 2. The number of nitrogens with zero attached hydrogens (tertiary/aromatic N) is 3. The monoisotopic (exact) mass is 358 g/mol. The number of hydrazone groups is 1. The molecular formula is C21H18N4O2. The van der Waals surface area contributed by atoms with Gasteiger partial charge in [-0.2, -0.15) is 15.2 Å². The average Bonchev–Trinajstić information content (AvgIpc) is 3.26. The number of para-hydroxylation sites is 1. The van der Waals surface area contributed by atoms with Crippen LogP contribution in [0.25, 0.3) is 5.57 Å². The lowest BCUT2D eigenvalue weighted by molar-refractivity contribution is -0.114. The molecule has 2 N–H and O–H groups in total. The number of aromatic amines is 1. The molecule has 1 aromatic heterocycles. The van der Waals surface area contributed by atoms with Gasteiger partial charge in [0.25, 0.3) is 5.91 Å². The maximum Gasteiger partial charge on any atom is 0.281 e. The summed E-state index contributed by atoms with van der Waals surface area (Å²) in [6.45, 7) is 3.71. The maximum atomic E-state index is 13.3. The van der Waals surface area contributed by atoms with Crippen LogP contribution < -0.4 is 5.01 Å². The van der Waals surface area contributed by atoms with E-state index in [2.05, 4.69) is 15.3 Å². The SMILES string of the molecule is CC1=NN(c2ccccc2)C(=O)/C1=C(/c1cn[nH]c1)c1cc(C)cc(O)c1. The van der Waals surface area contributed by atoms with Crippen LogP contribution in [-0.4, -0.2) is 26.9 Å². The fourth-order valence-electron chi connectivity index (χ4n) is 3.29. The average molecular weight is 358 g/mol. The largest absolute Gasteiger partial charge is 0.508 e. The van der Waals surface area contributed by atoms with E-state index in [-0.39, 0.29) is 11.7 Å². The second kappa shape index (κ2) is 6.57. The predicted octanol–water partition coefficient (Wildman–Crippen LogP) is 3.65. The summed E-state index contributed by atoms with van der Waals surface area (Å²) in [5.74, 6) is -0.0672. The summed E-state index contributed by atoms with van der Waals surface area (Å²) in [6.07, 6.45) is 3.39. The van der Waals surface area contributed by atoms with E-state index in [1.807, 2.05) is 50.2 Å². The van der Waals surface area contributed by atoms with Gasteiger partial charge in [-0.1, -0.05) is 24.3 Å². The third kappa shape index (κ3) is 3.01. The van der Waals surface area contributed by atoms with Crippen molar-refractivity contribution in [2.24, 2.45) is 5.10 Å². The molecule has 0 bridgehead atoms. The van der Waals surface area contributed by atoms with Crippen LogP contribution in [0.15, 0.2) is 71.6 Å². The van der Waals surface area contributed by atoms with E-state index in [0.29, 0.717) is 22.5 Å². The number of amides is 1. The third-order valence-electron chi connectivity index (χ3n) is 4.41. The molecule has 6 heteroatoms. The van der Waals surface area contributed by atoms with Gasteiger partial charge in [-0.05, 0) is 49.2 Å². The number of carbonyl (C=O) groups is 1. The molecule has 0 aliphatic carbocycles. The van der Waals surface area contributed by atoms with Crippen molar-refractivity contribution in [1.82, 2.24) is 10.2 Å². The Morgan fingerprint density at radius 3 is 2.52 bits per heavy atom. The quantitative estimate of drug-likeness (QED) is 0.701. The summed E-state index contributed by atoms with van der Waals surface area (Å²) in [4.78, 5) is 13.3. The molecular weight excluding hydrogens is 340 g/mol. The minimum absolute atomic E-state index is 0.145. The highest BCUT2D eigenvalue weighted by atomic mass is 16.3. The highest BCUT2D eigenvalue weighted by molar-refractivity contribution is 6.34. The van der Waals surface area contributed by atoms with E-state index < -0.39 is 0 Å². The number of aromatic nitrogens is 2. The molecule has 6 nitrogen and oxygen atoms in total. The van der Waals surface area contributed by atoms with Gasteiger partial charge < -0.3 is 5.11 Å². The zero-order valence-electron chi connectivity index (χ0n) is 15.0. The van der Waals surface area contributed by atoms with Crippen LogP contribution in [0.3, 0.4) is 0 Å². The molecule has 0 atom stereocenters. The van der Waals surface area contributed by atoms with Gasteiger partial charge in [0.15, 0.2) is 0 Å². The van der Waals surface area contributed by atoms with Crippen molar-refractivity contribution in [3.63, 3.8) is 0 Å². The van der Waals surface area contributed by atoms with Crippen LogP contribution in [0.1, 0.15) is 23.6 Å². The van der Waals surface area contributed by atoms with E-state index >= 15 is 0 Å². The van der Waals surface area contributed by atoms with Crippen LogP contribution in [0.2, 0.25) is 0 Å². The number of phenols is 1. The first-order chi connectivity index (χ1) is 13.0. The van der Waals surface area contributed by atoms with Gasteiger partial charge in [0.2, 0.25) is 0 Å². The van der Waals surface area contributed by atoms with Gasteiger partial charge in [-0.3, -0.25) is 9.89 Å². The normalized spacial score (nSPS) is 15.9. The number of anilines is 1. The van der Waals surface area contributed by atoms with Crippen molar-refractivity contribution in [2.45, 2.75) is 13.8 Å². The molecule has 0 saturated carbocycles. The number of carbonyl (C=O) groups excluding carboxylic acids is 1. The number of phenolic OH excluding ortho intramolecular Hbond substituents is 1. The lowest BCUT2D eigenvalue weighted by atomic mass is 9.91. The third-order valence-corrected chi connectivity index (χ3v) is 4.41. The second-order valence-corrected chi connectivity index (χ2v) is 6.43. The lowest BCUT2D eigenvalue weighted by Gasteiger charge is -2.14. The Labute approximate surface area is 156 Å². The number of aromatic hydroxyl groups is 1. The minimum atomic E-state index is -0.212. The van der Waals surface area contributed by atoms with E-state index in [1.54, 1.807) is 24.5 Å². The molecule has 4 rings (SSSR count). The topological polar surface area (TPSA) is 81.6 Å². The van der Waals surface area contributed by atoms with Gasteiger partial charge in [0, 0.05) is 17.3 Å². The Morgan fingerprint density at radius 1 is 1.07 bits per heavy atom. The maximum absolute atomic E-state index is 13.3. The molecule has 3 aromatic rings. The summed E-state index contributed by atoms with van der Waals surface area (Å²) in [7, 11) is 0. The van der Waals surface area contributed by atoms with E-state index in [9.17, 15) is 9.90 Å². The van der Waals surface area contributed by atoms with E-state index in [1.165, 1.54) is 5.01 Å². The molecule has 2 aromatic carbocycles. The van der Waals surface area contributed by atoms with E-state index in [0.717, 1.165) is 16.7 Å². The van der Waals surface area contributed by atoms with Crippen LogP contribution in [0.4, 0.5) is 5.69 Å². The molecule has 1 aliphatic heterocycles. The number of nitrogens with one attached hydrogen (secondary N) is 1. The predicted molar refractivity (Wildman–Crippen MR) is 104 cm³/mol. The molecule has 27 heavy (non-hydrogen) atoms. The van der Waals surface area contributed by atoms with Crippen molar-refractivity contribution >= 4 is 22.9 Å². The Hall–Kier alpha value is -3.67.